The molecule has 1 rings (SSSR count). The Morgan fingerprint density at radius 3 is 2.75 bits per heavy atom. The number of amides is 2. The average molecular weight is 172 g/mol. The lowest BCUT2D eigenvalue weighted by atomic mass is 9.96. The number of nitrogens with one attached hydrogen (secondary N) is 2. The quantitative estimate of drug-likeness (QED) is 0.409. The fourth-order valence-corrected chi connectivity index (χ4v) is 1.20. The van der Waals surface area contributed by atoms with E-state index in [-0.39, 0.29) is 6.61 Å². The van der Waals surface area contributed by atoms with Gasteiger partial charge >= 0.3 is 6.03 Å². The fourth-order valence-electron chi connectivity index (χ4n) is 1.20. The van der Waals surface area contributed by atoms with Gasteiger partial charge in [-0.3, -0.25) is 0 Å². The molecule has 2 atom stereocenters. The van der Waals surface area contributed by atoms with Gasteiger partial charge in [0.2, 0.25) is 0 Å². The van der Waals surface area contributed by atoms with Gasteiger partial charge in [0.25, 0.3) is 0 Å². The second kappa shape index (κ2) is 3.12. The maximum atomic E-state index is 10.8. The van der Waals surface area contributed by atoms with Crippen molar-refractivity contribution in [1.29, 1.82) is 0 Å². The van der Waals surface area contributed by atoms with Crippen molar-refractivity contribution in [2.45, 2.75) is 18.2 Å². The third-order valence-electron chi connectivity index (χ3n) is 1.94. The van der Waals surface area contributed by atoms with Crippen molar-refractivity contribution >= 4 is 6.03 Å². The van der Waals surface area contributed by atoms with Crippen LogP contribution in [0.25, 0.3) is 0 Å². The number of rotatable bonds is 3. The number of hydrogen-bond acceptors (Lipinski definition) is 3. The zero-order chi connectivity index (χ0) is 9.19. The van der Waals surface area contributed by atoms with Gasteiger partial charge in [-0.15, -0.1) is 6.58 Å². The molecule has 68 valence electrons. The van der Waals surface area contributed by atoms with Crippen molar-refractivity contribution in [3.63, 3.8) is 0 Å². The summed E-state index contributed by atoms with van der Waals surface area (Å²) in [4.78, 5) is 10.8. The first-order chi connectivity index (χ1) is 5.64. The first-order valence-corrected chi connectivity index (χ1v) is 3.63. The van der Waals surface area contributed by atoms with Crippen molar-refractivity contribution in [3.8, 4) is 0 Å². The third-order valence-corrected chi connectivity index (χ3v) is 1.94. The van der Waals surface area contributed by atoms with Crippen LogP contribution in [-0.4, -0.2) is 34.6 Å². The lowest BCUT2D eigenvalue weighted by Gasteiger charge is -2.27. The highest BCUT2D eigenvalue weighted by molar-refractivity contribution is 5.78. The van der Waals surface area contributed by atoms with E-state index in [4.69, 9.17) is 5.11 Å². The van der Waals surface area contributed by atoms with E-state index in [1.54, 1.807) is 0 Å². The highest BCUT2D eigenvalue weighted by Gasteiger charge is 2.44. The summed E-state index contributed by atoms with van der Waals surface area (Å²) in [5.41, 5.74) is -1.00. The molecule has 1 saturated heterocycles. The topological polar surface area (TPSA) is 81.6 Å². The zero-order valence-electron chi connectivity index (χ0n) is 6.58. The molecule has 4 N–H and O–H groups in total. The molecule has 0 aromatic carbocycles. The Morgan fingerprint density at radius 2 is 2.42 bits per heavy atom. The molecule has 0 saturated carbocycles. The Kier molecular flexibility index (Phi) is 2.35. The van der Waals surface area contributed by atoms with Crippen LogP contribution in [0.1, 0.15) is 6.42 Å². The Bertz CT molecular complexity index is 207. The highest BCUT2D eigenvalue weighted by atomic mass is 16.3. The molecule has 2 unspecified atom stereocenters. The monoisotopic (exact) mass is 172 g/mol. The van der Waals surface area contributed by atoms with Crippen LogP contribution in [0.2, 0.25) is 0 Å². The first kappa shape index (κ1) is 9.02. The zero-order valence-corrected chi connectivity index (χ0v) is 6.58. The van der Waals surface area contributed by atoms with Crippen LogP contribution in [-0.2, 0) is 0 Å². The van der Waals surface area contributed by atoms with Gasteiger partial charge in [-0.2, -0.15) is 0 Å². The Morgan fingerprint density at radius 1 is 1.75 bits per heavy atom. The number of aliphatic hydroxyl groups is 2. The summed E-state index contributed by atoms with van der Waals surface area (Å²) in [6.07, 6.45) is 0.795. The largest absolute Gasteiger partial charge is 0.394 e. The van der Waals surface area contributed by atoms with Crippen molar-refractivity contribution in [2.24, 2.45) is 0 Å². The van der Waals surface area contributed by atoms with Gasteiger partial charge in [0, 0.05) is 0 Å². The molecule has 1 aliphatic rings. The van der Waals surface area contributed by atoms with Crippen LogP contribution >= 0.6 is 0 Å². The fraction of sp³-hybridized carbons (Fsp3) is 0.571. The Balaban J connectivity index is 2.77. The minimum atomic E-state index is -1.06. The predicted molar refractivity (Wildman–Crippen MR) is 42.3 cm³/mol. The normalized spacial score (nSPS) is 34.2. The molecule has 0 aromatic heterocycles. The van der Waals surface area contributed by atoms with Crippen LogP contribution in [0.15, 0.2) is 12.7 Å². The molecule has 12 heavy (non-hydrogen) atoms. The van der Waals surface area contributed by atoms with Crippen LogP contribution in [0, 0.1) is 0 Å². The van der Waals surface area contributed by atoms with E-state index in [1.807, 2.05) is 0 Å². The van der Waals surface area contributed by atoms with Gasteiger partial charge in [-0.05, 0) is 6.42 Å². The van der Waals surface area contributed by atoms with Crippen LogP contribution in [0.4, 0.5) is 4.79 Å². The second-order valence-electron chi connectivity index (χ2n) is 2.81. The molecule has 1 aliphatic heterocycles. The molecule has 0 aliphatic carbocycles. The number of carbonyl (C=O) groups excluding carboxylic acids is 1. The molecule has 0 aromatic rings. The summed E-state index contributed by atoms with van der Waals surface area (Å²) in [6, 6.07) is -0.474. The minimum absolute atomic E-state index is 0.321. The summed E-state index contributed by atoms with van der Waals surface area (Å²) in [5.74, 6) is 0. The maximum Gasteiger partial charge on any atom is 0.317 e. The smallest absolute Gasteiger partial charge is 0.317 e. The molecule has 2 amide bonds. The number of urea groups is 1. The highest BCUT2D eigenvalue weighted by Crippen LogP contribution is 2.18. The van der Waals surface area contributed by atoms with E-state index in [9.17, 15) is 9.90 Å². The lowest BCUT2D eigenvalue weighted by molar-refractivity contribution is 0.0422. The van der Waals surface area contributed by atoms with E-state index in [2.05, 4.69) is 17.2 Å². The third kappa shape index (κ3) is 1.28. The lowest BCUT2D eigenvalue weighted by Crippen LogP contribution is -2.52. The predicted octanol–water partition coefficient (Wildman–Crippen LogP) is -1.08. The summed E-state index contributed by atoms with van der Waals surface area (Å²) < 4.78 is 0. The SMILES string of the molecule is C=CCC1(CO)NC(=O)NC1O. The Labute approximate surface area is 70.1 Å². The van der Waals surface area contributed by atoms with E-state index in [0.29, 0.717) is 6.42 Å². The molecule has 0 radical (unpaired) electrons. The second-order valence-corrected chi connectivity index (χ2v) is 2.81. The minimum Gasteiger partial charge on any atom is -0.394 e. The molecular formula is C7H12N2O3. The number of carbonyl (C=O) groups is 1. The van der Waals surface area contributed by atoms with E-state index in [0.717, 1.165) is 0 Å². The van der Waals surface area contributed by atoms with Gasteiger partial charge in [0.05, 0.1) is 6.61 Å². The molecule has 5 nitrogen and oxygen atoms in total. The molecule has 0 spiro atoms. The standard InChI is InChI=1S/C7H12N2O3/c1-2-3-7(4-10)5(11)8-6(12)9-7/h2,5,10-11H,1,3-4H2,(H2,8,9,12). The van der Waals surface area contributed by atoms with Crippen LogP contribution < -0.4 is 10.6 Å². The molecule has 1 heterocycles. The van der Waals surface area contributed by atoms with Gasteiger partial charge < -0.3 is 20.8 Å². The molecule has 1 fully saturated rings. The van der Waals surface area contributed by atoms with Crippen molar-refractivity contribution in [3.05, 3.63) is 12.7 Å². The first-order valence-electron chi connectivity index (χ1n) is 3.63. The van der Waals surface area contributed by atoms with Crippen LogP contribution in [0.3, 0.4) is 0 Å². The summed E-state index contributed by atoms with van der Waals surface area (Å²) in [6.45, 7) is 3.15. The van der Waals surface area contributed by atoms with Gasteiger partial charge in [0.15, 0.2) is 6.23 Å². The number of aliphatic hydroxyl groups excluding tert-OH is 2. The number of hydrogen-bond donors (Lipinski definition) is 4. The van der Waals surface area contributed by atoms with Crippen molar-refractivity contribution in [2.75, 3.05) is 6.61 Å². The molecule has 5 heteroatoms. The summed E-state index contributed by atoms with van der Waals surface area (Å²) in [7, 11) is 0. The summed E-state index contributed by atoms with van der Waals surface area (Å²) >= 11 is 0. The van der Waals surface area contributed by atoms with Gasteiger partial charge in [0.1, 0.15) is 5.54 Å². The average Bonchev–Trinajstić information content (AvgIpc) is 2.28. The molecule has 0 bridgehead atoms. The van der Waals surface area contributed by atoms with E-state index < -0.39 is 17.8 Å². The van der Waals surface area contributed by atoms with E-state index >= 15 is 0 Å². The van der Waals surface area contributed by atoms with Gasteiger partial charge in [-0.25, -0.2) is 4.79 Å². The van der Waals surface area contributed by atoms with E-state index in [1.165, 1.54) is 6.08 Å². The van der Waals surface area contributed by atoms with Crippen LogP contribution in [0.5, 0.6) is 0 Å². The maximum absolute atomic E-state index is 10.8. The molecular weight excluding hydrogens is 160 g/mol. The van der Waals surface area contributed by atoms with Gasteiger partial charge in [-0.1, -0.05) is 6.08 Å². The van der Waals surface area contributed by atoms with Crippen molar-refractivity contribution in [1.82, 2.24) is 10.6 Å². The summed E-state index contributed by atoms with van der Waals surface area (Å²) in [5, 5.41) is 23.0. The Hall–Kier alpha value is -1.07. The van der Waals surface area contributed by atoms with Crippen molar-refractivity contribution < 1.29 is 15.0 Å².